The lowest BCUT2D eigenvalue weighted by atomic mass is 9.90. The number of hydrogen-bond donors (Lipinski definition) is 3. The Morgan fingerprint density at radius 2 is 1.88 bits per heavy atom. The van der Waals surface area contributed by atoms with Crippen LogP contribution in [0.3, 0.4) is 0 Å². The molecule has 0 radical (unpaired) electrons. The van der Waals surface area contributed by atoms with E-state index in [9.17, 15) is 18.3 Å². The summed E-state index contributed by atoms with van der Waals surface area (Å²) in [6.45, 7) is 11.1. The summed E-state index contributed by atoms with van der Waals surface area (Å²) in [5, 5.41) is 18.3. The molecule has 14 heteroatoms. The Morgan fingerprint density at radius 1 is 1.10 bits per heavy atom. The number of aliphatic hydroxyl groups is 1. The number of benzene rings is 2. The lowest BCUT2D eigenvalue weighted by Gasteiger charge is -2.30. The quantitative estimate of drug-likeness (QED) is 0.175. The summed E-state index contributed by atoms with van der Waals surface area (Å²) in [6, 6.07) is 12.3. The molecular formula is C35H50N4O9S. The number of nitrogens with one attached hydrogen (secondary N) is 2. The van der Waals surface area contributed by atoms with Crippen molar-refractivity contribution in [3.63, 3.8) is 0 Å². The van der Waals surface area contributed by atoms with Crippen molar-refractivity contribution < 1.29 is 41.7 Å². The summed E-state index contributed by atoms with van der Waals surface area (Å²) >= 11 is 0. The van der Waals surface area contributed by atoms with Crippen LogP contribution in [0, 0.1) is 17.8 Å². The Labute approximate surface area is 288 Å². The van der Waals surface area contributed by atoms with Gasteiger partial charge in [0.1, 0.15) is 17.4 Å². The number of aromatic nitrogens is 1. The van der Waals surface area contributed by atoms with Gasteiger partial charge in [-0.2, -0.15) is 9.29 Å². The largest absolute Gasteiger partial charge is 0.497 e. The number of esters is 1. The predicted molar refractivity (Wildman–Crippen MR) is 184 cm³/mol. The standard InChI is InChI=1S/C35H50N4O9S/c1-7-36-28-19-45-34-33(28)31(20-46-34)47-32(41)15-24(13-23-9-8-10-25(14-23)44-6)29(40)18-39(17-21(2)3)49(42,43)26-11-12-27-30(16-26)48-35(38-27)37-22(4)5/h8-12,14,16,21-22,24,28-29,31,33-34,36,40H,7,13,15,17-20H2,1-6H3,(H,37,38)/t24-,28+,29-,31+,33+,34-/m1/s1. The van der Waals surface area contributed by atoms with E-state index < -0.39 is 40.4 Å². The van der Waals surface area contributed by atoms with Crippen molar-refractivity contribution in [3.8, 4) is 5.75 Å². The molecule has 2 saturated heterocycles. The molecule has 49 heavy (non-hydrogen) atoms. The lowest BCUT2D eigenvalue weighted by Crippen LogP contribution is -2.44. The first-order valence-electron chi connectivity index (χ1n) is 17.0. The SMILES string of the molecule is CCN[C@H]1CO[C@@H]2OC[C@H](OC(=O)C[C@@H](Cc3cccc(OC)c3)[C@H](O)CN(CC(C)C)S(=O)(=O)c3ccc4nc(NC(C)C)oc4c3)[C@@H]21. The van der Waals surface area contributed by atoms with E-state index >= 15 is 0 Å². The van der Waals surface area contributed by atoms with Gasteiger partial charge in [0.15, 0.2) is 11.9 Å². The maximum atomic E-state index is 14.1. The Kier molecular flexibility index (Phi) is 12.2. The van der Waals surface area contributed by atoms with Crippen LogP contribution in [0.1, 0.15) is 46.6 Å². The zero-order valence-electron chi connectivity index (χ0n) is 29.1. The van der Waals surface area contributed by atoms with Crippen molar-refractivity contribution in [2.45, 2.75) is 82.9 Å². The zero-order valence-corrected chi connectivity index (χ0v) is 29.9. The second-order valence-electron chi connectivity index (χ2n) is 13.6. The number of carbonyl (C=O) groups is 1. The van der Waals surface area contributed by atoms with Gasteiger partial charge < -0.3 is 39.1 Å². The first-order chi connectivity index (χ1) is 23.4. The molecule has 2 aliphatic rings. The first kappa shape index (κ1) is 37.0. The van der Waals surface area contributed by atoms with Gasteiger partial charge >= 0.3 is 5.97 Å². The van der Waals surface area contributed by atoms with E-state index in [-0.39, 0.29) is 61.4 Å². The lowest BCUT2D eigenvalue weighted by molar-refractivity contribution is -0.153. The maximum Gasteiger partial charge on any atom is 0.306 e. The van der Waals surface area contributed by atoms with Crippen molar-refractivity contribution in [1.29, 1.82) is 0 Å². The minimum Gasteiger partial charge on any atom is -0.497 e. The van der Waals surface area contributed by atoms with Crippen LogP contribution in [0.4, 0.5) is 6.01 Å². The van der Waals surface area contributed by atoms with Crippen molar-refractivity contribution in [1.82, 2.24) is 14.6 Å². The van der Waals surface area contributed by atoms with E-state index in [4.69, 9.17) is 23.4 Å². The van der Waals surface area contributed by atoms with Crippen LogP contribution in [0.25, 0.3) is 11.1 Å². The molecule has 0 amide bonds. The van der Waals surface area contributed by atoms with Crippen LogP contribution < -0.4 is 15.4 Å². The number of likely N-dealkylation sites (N-methyl/N-ethyl adjacent to an activating group) is 1. The molecular weight excluding hydrogens is 652 g/mol. The van der Waals surface area contributed by atoms with E-state index in [1.807, 2.05) is 58.9 Å². The molecule has 3 heterocycles. The summed E-state index contributed by atoms with van der Waals surface area (Å²) in [5.41, 5.74) is 1.68. The molecule has 6 atom stereocenters. The number of anilines is 1. The van der Waals surface area contributed by atoms with Crippen molar-refractivity contribution in [2.75, 3.05) is 45.3 Å². The monoisotopic (exact) mass is 702 g/mol. The molecule has 13 nitrogen and oxygen atoms in total. The number of fused-ring (bicyclic) bond motifs is 2. The molecule has 0 spiro atoms. The highest BCUT2D eigenvalue weighted by Crippen LogP contribution is 2.34. The summed E-state index contributed by atoms with van der Waals surface area (Å²) in [4.78, 5) is 17.9. The zero-order chi connectivity index (χ0) is 35.3. The van der Waals surface area contributed by atoms with Gasteiger partial charge in [0.25, 0.3) is 6.01 Å². The molecule has 0 saturated carbocycles. The molecule has 0 unspecified atom stereocenters. The number of hydrogen-bond acceptors (Lipinski definition) is 12. The van der Waals surface area contributed by atoms with Gasteiger partial charge in [-0.3, -0.25) is 4.79 Å². The summed E-state index contributed by atoms with van der Waals surface area (Å²) in [5.74, 6) is -0.724. The third-order valence-electron chi connectivity index (χ3n) is 8.80. The molecule has 2 aromatic carbocycles. The third kappa shape index (κ3) is 9.10. The topological polar surface area (TPSA) is 162 Å². The molecule has 270 valence electrons. The Hall–Kier alpha value is -3.27. The van der Waals surface area contributed by atoms with E-state index in [1.165, 1.54) is 16.4 Å². The van der Waals surface area contributed by atoms with Crippen molar-refractivity contribution >= 4 is 33.1 Å². The van der Waals surface area contributed by atoms with Crippen LogP contribution in [-0.4, -0.2) is 99.3 Å². The Balaban J connectivity index is 1.37. The highest BCUT2D eigenvalue weighted by molar-refractivity contribution is 7.89. The Morgan fingerprint density at radius 3 is 2.59 bits per heavy atom. The number of carbonyl (C=O) groups excluding carboxylic acids is 1. The normalized spacial score (nSPS) is 22.2. The minimum absolute atomic E-state index is 0.00231. The predicted octanol–water partition coefficient (Wildman–Crippen LogP) is 3.81. The van der Waals surface area contributed by atoms with E-state index in [1.54, 1.807) is 13.2 Å². The van der Waals surface area contributed by atoms with Gasteiger partial charge in [0.2, 0.25) is 10.0 Å². The fourth-order valence-corrected chi connectivity index (χ4v) is 8.15. The van der Waals surface area contributed by atoms with Gasteiger partial charge in [0.05, 0.1) is 43.7 Å². The summed E-state index contributed by atoms with van der Waals surface area (Å²) in [7, 11) is -2.52. The number of rotatable bonds is 17. The molecule has 1 aromatic heterocycles. The van der Waals surface area contributed by atoms with E-state index in [2.05, 4.69) is 15.6 Å². The minimum atomic E-state index is -4.09. The molecule has 2 aliphatic heterocycles. The average molecular weight is 703 g/mol. The van der Waals surface area contributed by atoms with Crippen LogP contribution >= 0.6 is 0 Å². The van der Waals surface area contributed by atoms with Crippen molar-refractivity contribution in [3.05, 3.63) is 48.0 Å². The van der Waals surface area contributed by atoms with Gasteiger partial charge in [-0.25, -0.2) is 8.42 Å². The van der Waals surface area contributed by atoms with Gasteiger partial charge in [-0.1, -0.05) is 32.9 Å². The molecule has 0 bridgehead atoms. The summed E-state index contributed by atoms with van der Waals surface area (Å²) < 4.78 is 58.2. The van der Waals surface area contributed by atoms with Crippen LogP contribution in [0.5, 0.6) is 5.75 Å². The fourth-order valence-electron chi connectivity index (χ4n) is 6.51. The number of ether oxygens (including phenoxy) is 4. The number of nitrogens with zero attached hydrogens (tertiary/aromatic N) is 2. The highest BCUT2D eigenvalue weighted by Gasteiger charge is 2.49. The molecule has 3 N–H and O–H groups in total. The molecule has 0 aliphatic carbocycles. The van der Waals surface area contributed by atoms with Crippen LogP contribution in [0.15, 0.2) is 51.8 Å². The first-order valence-corrected chi connectivity index (χ1v) is 18.5. The van der Waals surface area contributed by atoms with Gasteiger partial charge in [-0.15, -0.1) is 0 Å². The van der Waals surface area contributed by atoms with Crippen LogP contribution in [0.2, 0.25) is 0 Å². The maximum absolute atomic E-state index is 14.1. The smallest absolute Gasteiger partial charge is 0.306 e. The van der Waals surface area contributed by atoms with Crippen molar-refractivity contribution in [2.24, 2.45) is 17.8 Å². The third-order valence-corrected chi connectivity index (χ3v) is 10.6. The number of aliphatic hydroxyl groups excluding tert-OH is 1. The average Bonchev–Trinajstić information content (AvgIpc) is 3.75. The van der Waals surface area contributed by atoms with Gasteiger partial charge in [0, 0.05) is 37.2 Å². The van der Waals surface area contributed by atoms with E-state index in [0.717, 1.165) is 12.1 Å². The highest BCUT2D eigenvalue weighted by atomic mass is 32.2. The van der Waals surface area contributed by atoms with Gasteiger partial charge in [-0.05, 0) is 62.6 Å². The second kappa shape index (κ2) is 16.2. The second-order valence-corrected chi connectivity index (χ2v) is 15.5. The molecule has 2 fully saturated rings. The molecule has 5 rings (SSSR count). The molecule has 3 aromatic rings. The fraction of sp³-hybridized carbons (Fsp3) is 0.600. The Bertz CT molecular complexity index is 1660. The van der Waals surface area contributed by atoms with E-state index in [0.29, 0.717) is 29.5 Å². The number of oxazole rings is 1. The van der Waals surface area contributed by atoms with Crippen LogP contribution in [-0.2, 0) is 35.4 Å². The summed E-state index contributed by atoms with van der Waals surface area (Å²) in [6.07, 6.45) is -2.00. The number of sulfonamides is 1. The number of methoxy groups -OCH3 is 1.